The Morgan fingerprint density at radius 3 is 3.17 bits per heavy atom. The van der Waals surface area contributed by atoms with Crippen molar-refractivity contribution < 1.29 is 4.74 Å². The van der Waals surface area contributed by atoms with Crippen LogP contribution in [0.5, 0.6) is 5.75 Å². The normalized spacial score (nSPS) is 18.5. The number of fused-ring (bicyclic) bond motifs is 1. The largest absolute Gasteiger partial charge is 0.493 e. The molecule has 1 unspecified atom stereocenters. The summed E-state index contributed by atoms with van der Waals surface area (Å²) >= 11 is 6.30. The maximum absolute atomic E-state index is 6.30. The first kappa shape index (κ1) is 19.8. The number of nitrogens with one attached hydrogen (secondary N) is 2. The molecule has 0 amide bonds. The van der Waals surface area contributed by atoms with Crippen molar-refractivity contribution in [3.05, 3.63) is 52.7 Å². The number of aliphatic imine (C=N–C) groups is 1. The topological polar surface area (TPSA) is 61.8 Å². The first-order valence-corrected chi connectivity index (χ1v) is 10.8. The van der Waals surface area contributed by atoms with E-state index in [2.05, 4.69) is 45.6 Å². The van der Waals surface area contributed by atoms with E-state index in [9.17, 15) is 0 Å². The quantitative estimate of drug-likeness (QED) is 0.563. The number of benzene rings is 1. The predicted octanol–water partition coefficient (Wildman–Crippen LogP) is 3.05. The van der Waals surface area contributed by atoms with Gasteiger partial charge < -0.3 is 20.3 Å². The smallest absolute Gasteiger partial charge is 0.191 e. The zero-order valence-corrected chi connectivity index (χ0v) is 17.6. The van der Waals surface area contributed by atoms with E-state index in [1.165, 1.54) is 11.1 Å². The fourth-order valence-electron chi connectivity index (χ4n) is 3.89. The zero-order chi connectivity index (χ0) is 20.1. The highest BCUT2D eigenvalue weighted by Crippen LogP contribution is 2.26. The third-order valence-corrected chi connectivity index (χ3v) is 5.63. The van der Waals surface area contributed by atoms with Crippen LogP contribution in [0.3, 0.4) is 0 Å². The van der Waals surface area contributed by atoms with Crippen molar-refractivity contribution in [2.24, 2.45) is 4.99 Å². The monoisotopic (exact) mass is 413 g/mol. The lowest BCUT2D eigenvalue weighted by molar-refractivity contribution is 0.357. The van der Waals surface area contributed by atoms with Crippen LogP contribution in [-0.2, 0) is 12.8 Å². The molecule has 0 saturated carbocycles. The summed E-state index contributed by atoms with van der Waals surface area (Å²) in [6.45, 7) is 6.28. The maximum Gasteiger partial charge on any atom is 0.191 e. The molecule has 0 aliphatic carbocycles. The molecule has 7 heteroatoms. The summed E-state index contributed by atoms with van der Waals surface area (Å²) in [6, 6.07) is 10.6. The molecule has 29 heavy (non-hydrogen) atoms. The molecule has 0 spiro atoms. The third kappa shape index (κ3) is 4.93. The van der Waals surface area contributed by atoms with E-state index < -0.39 is 0 Å². The Kier molecular flexibility index (Phi) is 6.39. The second kappa shape index (κ2) is 9.35. The van der Waals surface area contributed by atoms with Gasteiger partial charge in [-0.05, 0) is 49.1 Å². The molecule has 3 heterocycles. The van der Waals surface area contributed by atoms with Crippen molar-refractivity contribution in [3.8, 4) is 5.75 Å². The molecule has 1 atom stereocenters. The van der Waals surface area contributed by atoms with Crippen molar-refractivity contribution in [1.29, 1.82) is 0 Å². The lowest BCUT2D eigenvalue weighted by Gasteiger charge is -2.20. The van der Waals surface area contributed by atoms with Crippen LogP contribution >= 0.6 is 11.6 Å². The van der Waals surface area contributed by atoms with E-state index in [4.69, 9.17) is 21.3 Å². The molecule has 1 saturated heterocycles. The fraction of sp³-hybridized carbons (Fsp3) is 0.455. The van der Waals surface area contributed by atoms with E-state index in [0.29, 0.717) is 11.1 Å². The van der Waals surface area contributed by atoms with Crippen LogP contribution in [0, 0.1) is 0 Å². The number of aromatic nitrogens is 1. The van der Waals surface area contributed by atoms with Gasteiger partial charge in [-0.3, -0.25) is 4.99 Å². The van der Waals surface area contributed by atoms with Crippen LogP contribution in [0.25, 0.3) is 0 Å². The van der Waals surface area contributed by atoms with Crippen molar-refractivity contribution >= 4 is 23.4 Å². The summed E-state index contributed by atoms with van der Waals surface area (Å²) in [7, 11) is 0. The minimum Gasteiger partial charge on any atom is -0.493 e. The number of rotatable bonds is 6. The van der Waals surface area contributed by atoms with Gasteiger partial charge in [0, 0.05) is 44.8 Å². The molecule has 2 aromatic rings. The summed E-state index contributed by atoms with van der Waals surface area (Å²) in [5.74, 6) is 2.77. The van der Waals surface area contributed by atoms with Gasteiger partial charge in [0.1, 0.15) is 11.6 Å². The molecule has 1 aromatic heterocycles. The van der Waals surface area contributed by atoms with E-state index in [-0.39, 0.29) is 0 Å². The number of pyridine rings is 1. The molecule has 6 nitrogen and oxygen atoms in total. The maximum atomic E-state index is 6.30. The lowest BCUT2D eigenvalue weighted by Crippen LogP contribution is -2.44. The Morgan fingerprint density at radius 2 is 2.31 bits per heavy atom. The van der Waals surface area contributed by atoms with E-state index in [1.807, 2.05) is 12.1 Å². The van der Waals surface area contributed by atoms with Gasteiger partial charge in [0.15, 0.2) is 5.96 Å². The molecule has 0 radical (unpaired) electrons. The van der Waals surface area contributed by atoms with Crippen LogP contribution in [0.1, 0.15) is 24.5 Å². The number of nitrogens with zero attached hydrogens (tertiary/aromatic N) is 3. The Hall–Kier alpha value is -2.47. The Balaban J connectivity index is 1.32. The van der Waals surface area contributed by atoms with Crippen molar-refractivity contribution in [3.63, 3.8) is 0 Å². The van der Waals surface area contributed by atoms with Gasteiger partial charge >= 0.3 is 0 Å². The predicted molar refractivity (Wildman–Crippen MR) is 118 cm³/mol. The first-order chi connectivity index (χ1) is 14.2. The molecule has 4 rings (SSSR count). The minimum absolute atomic E-state index is 0.322. The molecule has 1 fully saturated rings. The van der Waals surface area contributed by atoms with Gasteiger partial charge in [-0.15, -0.1) is 0 Å². The lowest BCUT2D eigenvalue weighted by atomic mass is 10.1. The summed E-state index contributed by atoms with van der Waals surface area (Å²) in [5, 5.41) is 7.63. The molecule has 1 aromatic carbocycles. The van der Waals surface area contributed by atoms with Gasteiger partial charge in [-0.1, -0.05) is 23.7 Å². The number of hydrogen-bond donors (Lipinski definition) is 2. The highest BCUT2D eigenvalue weighted by atomic mass is 35.5. The second-order valence-corrected chi connectivity index (χ2v) is 7.84. The Bertz CT molecular complexity index is 872. The highest BCUT2D eigenvalue weighted by Gasteiger charge is 2.25. The van der Waals surface area contributed by atoms with Gasteiger partial charge in [-0.2, -0.15) is 0 Å². The molecule has 2 N–H and O–H groups in total. The fourth-order valence-corrected chi connectivity index (χ4v) is 4.13. The van der Waals surface area contributed by atoms with Gasteiger partial charge in [0.2, 0.25) is 0 Å². The molecular formula is C22H28ClN5O. The van der Waals surface area contributed by atoms with E-state index >= 15 is 0 Å². The van der Waals surface area contributed by atoms with Crippen LogP contribution < -0.4 is 20.3 Å². The number of guanidine groups is 1. The molecular weight excluding hydrogens is 386 g/mol. The number of halogens is 1. The Morgan fingerprint density at radius 1 is 1.38 bits per heavy atom. The number of ether oxygens (including phenoxy) is 1. The van der Waals surface area contributed by atoms with Gasteiger partial charge in [-0.25, -0.2) is 4.98 Å². The van der Waals surface area contributed by atoms with Crippen LogP contribution in [0.4, 0.5) is 5.82 Å². The van der Waals surface area contributed by atoms with Gasteiger partial charge in [0.25, 0.3) is 0 Å². The zero-order valence-electron chi connectivity index (χ0n) is 16.8. The molecule has 0 bridgehead atoms. The standard InChI is InChI=1S/C22H28ClN5O/c1-2-24-22(26-11-7-16-5-6-20-17(14-16)9-13-29-20)27-18-8-12-28(15-18)21-19(23)4-3-10-25-21/h3-6,10,14,18H,2,7-9,11-13,15H2,1H3,(H2,24,26,27). The Labute approximate surface area is 177 Å². The average Bonchev–Trinajstić information content (AvgIpc) is 3.37. The van der Waals surface area contributed by atoms with Crippen molar-refractivity contribution in [2.45, 2.75) is 32.2 Å². The highest BCUT2D eigenvalue weighted by molar-refractivity contribution is 6.32. The third-order valence-electron chi connectivity index (χ3n) is 5.34. The summed E-state index contributed by atoms with van der Waals surface area (Å²) < 4.78 is 5.59. The molecule has 154 valence electrons. The van der Waals surface area contributed by atoms with Crippen LogP contribution in [0.15, 0.2) is 41.5 Å². The summed E-state index contributed by atoms with van der Waals surface area (Å²) in [5.41, 5.74) is 2.63. The SMILES string of the molecule is CCNC(=NCCc1ccc2c(c1)CCO2)NC1CCN(c2ncccc2Cl)C1. The average molecular weight is 414 g/mol. The number of hydrogen-bond acceptors (Lipinski definition) is 4. The first-order valence-electron chi connectivity index (χ1n) is 10.4. The molecule has 2 aliphatic heterocycles. The van der Waals surface area contributed by atoms with Crippen LogP contribution in [0.2, 0.25) is 5.02 Å². The number of anilines is 1. The minimum atomic E-state index is 0.322. The van der Waals surface area contributed by atoms with Crippen molar-refractivity contribution in [1.82, 2.24) is 15.6 Å². The molecule has 2 aliphatic rings. The van der Waals surface area contributed by atoms with Crippen LogP contribution in [-0.4, -0.2) is 49.8 Å². The summed E-state index contributed by atoms with van der Waals surface area (Å²) in [4.78, 5) is 11.4. The van der Waals surface area contributed by atoms with Gasteiger partial charge in [0.05, 0.1) is 11.6 Å². The summed E-state index contributed by atoms with van der Waals surface area (Å²) in [6.07, 6.45) is 4.75. The van der Waals surface area contributed by atoms with Crippen molar-refractivity contribution in [2.75, 3.05) is 37.7 Å². The van der Waals surface area contributed by atoms with E-state index in [0.717, 1.165) is 69.6 Å². The second-order valence-electron chi connectivity index (χ2n) is 7.44. The van der Waals surface area contributed by atoms with E-state index in [1.54, 1.807) is 6.20 Å².